The maximum Gasteiger partial charge on any atom is 0.272 e. The molecule has 1 N–H and O–H groups in total. The van der Waals surface area contributed by atoms with Crippen molar-refractivity contribution in [1.29, 1.82) is 0 Å². The third kappa shape index (κ3) is 5.57. The number of amides is 2. The highest BCUT2D eigenvalue weighted by molar-refractivity contribution is 6.04. The number of ether oxygens (including phenoxy) is 1. The second-order valence-corrected chi connectivity index (χ2v) is 9.04. The van der Waals surface area contributed by atoms with Crippen LogP contribution < -0.4 is 10.1 Å². The van der Waals surface area contributed by atoms with E-state index in [1.807, 2.05) is 88.4 Å². The van der Waals surface area contributed by atoms with Crippen molar-refractivity contribution >= 4 is 22.7 Å². The van der Waals surface area contributed by atoms with Gasteiger partial charge in [0.25, 0.3) is 5.91 Å². The van der Waals surface area contributed by atoms with Crippen molar-refractivity contribution in [3.8, 4) is 5.75 Å². The van der Waals surface area contributed by atoms with Crippen LogP contribution in [0.3, 0.4) is 0 Å². The predicted octanol–water partition coefficient (Wildman–Crippen LogP) is 4.41. The van der Waals surface area contributed by atoms with Gasteiger partial charge in [-0.3, -0.25) is 14.3 Å². The lowest BCUT2D eigenvalue weighted by molar-refractivity contribution is -0.127. The van der Waals surface area contributed by atoms with Gasteiger partial charge in [-0.1, -0.05) is 60.7 Å². The number of likely N-dealkylation sites (tertiary alicyclic amines) is 1. The number of fused-ring (bicyclic) bond motifs is 1. The summed E-state index contributed by atoms with van der Waals surface area (Å²) in [5.41, 5.74) is 3.53. The second kappa shape index (κ2) is 11.1. The van der Waals surface area contributed by atoms with E-state index in [1.54, 1.807) is 0 Å². The third-order valence-electron chi connectivity index (χ3n) is 6.44. The molecule has 1 aliphatic rings. The smallest absolute Gasteiger partial charge is 0.272 e. The fourth-order valence-corrected chi connectivity index (χ4v) is 4.52. The maximum absolute atomic E-state index is 12.9. The topological polar surface area (TPSA) is 76.5 Å². The first-order valence-electron chi connectivity index (χ1n) is 12.4. The molecule has 7 nitrogen and oxygen atoms in total. The Hall–Kier alpha value is -4.13. The second-order valence-electron chi connectivity index (χ2n) is 9.04. The molecule has 0 radical (unpaired) electrons. The Bertz CT molecular complexity index is 1330. The van der Waals surface area contributed by atoms with Crippen LogP contribution >= 0.6 is 0 Å². The van der Waals surface area contributed by atoms with Crippen molar-refractivity contribution < 1.29 is 14.3 Å². The van der Waals surface area contributed by atoms with Gasteiger partial charge in [0.15, 0.2) is 5.69 Å². The number of benzene rings is 3. The Morgan fingerprint density at radius 3 is 2.50 bits per heavy atom. The molecule has 0 spiro atoms. The van der Waals surface area contributed by atoms with Gasteiger partial charge in [-0.25, -0.2) is 0 Å². The van der Waals surface area contributed by atoms with Crippen LogP contribution in [0.2, 0.25) is 0 Å². The summed E-state index contributed by atoms with van der Waals surface area (Å²) >= 11 is 0. The molecule has 7 heteroatoms. The van der Waals surface area contributed by atoms with Gasteiger partial charge in [-0.15, -0.1) is 0 Å². The molecule has 1 aromatic heterocycles. The monoisotopic (exact) mass is 482 g/mol. The zero-order chi connectivity index (χ0) is 24.7. The fourth-order valence-electron chi connectivity index (χ4n) is 4.52. The SMILES string of the molecule is O=C(NCCCN1CCCC1=O)c1nn(Cc2ccc(OCc3ccccc3)cc2)c2ccccc12. The van der Waals surface area contributed by atoms with Gasteiger partial charge in [0, 0.05) is 31.4 Å². The zero-order valence-corrected chi connectivity index (χ0v) is 20.2. The van der Waals surface area contributed by atoms with Gasteiger partial charge in [-0.2, -0.15) is 5.10 Å². The molecule has 2 amide bonds. The molecule has 0 saturated carbocycles. The minimum Gasteiger partial charge on any atom is -0.489 e. The highest BCUT2D eigenvalue weighted by atomic mass is 16.5. The number of para-hydroxylation sites is 1. The maximum atomic E-state index is 12.9. The van der Waals surface area contributed by atoms with E-state index in [1.165, 1.54) is 0 Å². The van der Waals surface area contributed by atoms with Crippen molar-refractivity contribution in [3.05, 3.63) is 95.7 Å². The Morgan fingerprint density at radius 1 is 0.944 bits per heavy atom. The molecule has 1 saturated heterocycles. The van der Waals surface area contributed by atoms with Crippen LogP contribution in [0.25, 0.3) is 10.9 Å². The summed E-state index contributed by atoms with van der Waals surface area (Å²) in [6, 6.07) is 25.8. The van der Waals surface area contributed by atoms with E-state index in [4.69, 9.17) is 4.74 Å². The predicted molar refractivity (Wildman–Crippen MR) is 139 cm³/mol. The summed E-state index contributed by atoms with van der Waals surface area (Å²) in [5.74, 6) is 0.827. The third-order valence-corrected chi connectivity index (χ3v) is 6.44. The van der Waals surface area contributed by atoms with Crippen LogP contribution in [0.1, 0.15) is 40.9 Å². The average Bonchev–Trinajstić information content (AvgIpc) is 3.50. The van der Waals surface area contributed by atoms with E-state index in [0.717, 1.165) is 47.2 Å². The van der Waals surface area contributed by atoms with Gasteiger partial charge < -0.3 is 15.0 Å². The van der Waals surface area contributed by atoms with Gasteiger partial charge in [0.05, 0.1) is 12.1 Å². The molecule has 5 rings (SSSR count). The zero-order valence-electron chi connectivity index (χ0n) is 20.2. The first-order chi connectivity index (χ1) is 17.7. The van der Waals surface area contributed by atoms with Crippen LogP contribution in [0, 0.1) is 0 Å². The fraction of sp³-hybridized carbons (Fsp3) is 0.276. The van der Waals surface area contributed by atoms with Gasteiger partial charge >= 0.3 is 0 Å². The van der Waals surface area contributed by atoms with E-state index in [2.05, 4.69) is 10.4 Å². The van der Waals surface area contributed by atoms with Crippen LogP contribution in [-0.4, -0.2) is 46.1 Å². The Labute approximate surface area is 210 Å². The number of hydrogen-bond donors (Lipinski definition) is 1. The molecule has 0 bridgehead atoms. The molecule has 1 aliphatic heterocycles. The number of nitrogens with one attached hydrogen (secondary N) is 1. The lowest BCUT2D eigenvalue weighted by atomic mass is 10.2. The summed E-state index contributed by atoms with van der Waals surface area (Å²) < 4.78 is 7.76. The first kappa shape index (κ1) is 23.6. The number of carbonyl (C=O) groups excluding carboxylic acids is 2. The lowest BCUT2D eigenvalue weighted by Crippen LogP contribution is -2.31. The molecule has 0 unspecified atom stereocenters. The van der Waals surface area contributed by atoms with E-state index in [0.29, 0.717) is 38.4 Å². The minimum atomic E-state index is -0.192. The molecule has 4 aromatic rings. The van der Waals surface area contributed by atoms with Crippen molar-refractivity contribution in [3.63, 3.8) is 0 Å². The quantitative estimate of drug-likeness (QED) is 0.340. The molecule has 1 fully saturated rings. The summed E-state index contributed by atoms with van der Waals surface area (Å²) in [6.07, 6.45) is 2.30. The van der Waals surface area contributed by atoms with E-state index >= 15 is 0 Å². The van der Waals surface area contributed by atoms with Crippen LogP contribution in [-0.2, 0) is 17.9 Å². The normalized spacial score (nSPS) is 13.3. The summed E-state index contributed by atoms with van der Waals surface area (Å²) in [7, 11) is 0. The number of rotatable bonds is 10. The standard InChI is InChI=1S/C29H30N4O3/c34-27-12-6-18-32(27)19-7-17-30-29(35)28-25-10-4-5-11-26(25)33(31-28)20-22-13-15-24(16-14-22)36-21-23-8-2-1-3-9-23/h1-5,8-11,13-16H,6-7,12,17-21H2,(H,30,35). The van der Waals surface area contributed by atoms with Crippen molar-refractivity contribution in [2.75, 3.05) is 19.6 Å². The Kier molecular flexibility index (Phi) is 7.26. The molecule has 0 aliphatic carbocycles. The molecular weight excluding hydrogens is 452 g/mol. The first-order valence-corrected chi connectivity index (χ1v) is 12.4. The highest BCUT2D eigenvalue weighted by Crippen LogP contribution is 2.21. The molecular formula is C29H30N4O3. The van der Waals surface area contributed by atoms with Crippen LogP contribution in [0.5, 0.6) is 5.75 Å². The van der Waals surface area contributed by atoms with E-state index in [9.17, 15) is 9.59 Å². The van der Waals surface area contributed by atoms with Crippen LogP contribution in [0.15, 0.2) is 78.9 Å². The largest absolute Gasteiger partial charge is 0.489 e. The number of hydrogen-bond acceptors (Lipinski definition) is 4. The van der Waals surface area contributed by atoms with E-state index < -0.39 is 0 Å². The summed E-state index contributed by atoms with van der Waals surface area (Å²) in [4.78, 5) is 26.6. The van der Waals surface area contributed by atoms with Gasteiger partial charge in [0.2, 0.25) is 5.91 Å². The molecule has 2 heterocycles. The van der Waals surface area contributed by atoms with E-state index in [-0.39, 0.29) is 11.8 Å². The number of nitrogens with zero attached hydrogens (tertiary/aromatic N) is 3. The number of carbonyl (C=O) groups is 2. The van der Waals surface area contributed by atoms with Gasteiger partial charge in [-0.05, 0) is 42.2 Å². The van der Waals surface area contributed by atoms with Crippen molar-refractivity contribution in [2.24, 2.45) is 0 Å². The average molecular weight is 483 g/mol. The highest BCUT2D eigenvalue weighted by Gasteiger charge is 2.20. The minimum absolute atomic E-state index is 0.192. The molecule has 3 aromatic carbocycles. The molecule has 36 heavy (non-hydrogen) atoms. The molecule has 184 valence electrons. The Morgan fingerprint density at radius 2 is 1.72 bits per heavy atom. The lowest BCUT2D eigenvalue weighted by Gasteiger charge is -2.15. The van der Waals surface area contributed by atoms with Crippen molar-refractivity contribution in [2.45, 2.75) is 32.4 Å². The van der Waals surface area contributed by atoms with Gasteiger partial charge in [0.1, 0.15) is 12.4 Å². The number of aromatic nitrogens is 2. The summed E-state index contributed by atoms with van der Waals surface area (Å²) in [6.45, 7) is 3.08. The molecule has 0 atom stereocenters. The summed E-state index contributed by atoms with van der Waals surface area (Å²) in [5, 5.41) is 8.46. The Balaban J connectivity index is 1.21. The van der Waals surface area contributed by atoms with Crippen molar-refractivity contribution in [1.82, 2.24) is 20.0 Å². The van der Waals surface area contributed by atoms with Crippen LogP contribution in [0.4, 0.5) is 0 Å².